The van der Waals surface area contributed by atoms with Gasteiger partial charge in [-0.2, -0.15) is 8.78 Å². The Kier molecular flexibility index (Phi) is 3.99. The largest absolute Gasteiger partial charge is 0.434 e. The van der Waals surface area contributed by atoms with Crippen molar-refractivity contribution in [1.82, 2.24) is 0 Å². The molecule has 16 heavy (non-hydrogen) atoms. The minimum atomic E-state index is -2.91. The van der Waals surface area contributed by atoms with Crippen molar-refractivity contribution in [2.45, 2.75) is 33.8 Å². The summed E-state index contributed by atoms with van der Waals surface area (Å²) in [5, 5.41) is 0. The van der Waals surface area contributed by atoms with E-state index in [-0.39, 0.29) is 17.1 Å². The molecule has 88 valence electrons. The maximum atomic E-state index is 12.2. The fraction of sp³-hybridized carbons (Fsp3) is 0.417. The zero-order valence-corrected chi connectivity index (χ0v) is 9.51. The molecular weight excluding hydrogens is 214 g/mol. The highest BCUT2D eigenvalue weighted by molar-refractivity contribution is 5.97. The van der Waals surface area contributed by atoms with Gasteiger partial charge in [0.15, 0.2) is 5.78 Å². The second-order valence-electron chi connectivity index (χ2n) is 3.56. The molecule has 0 aliphatic rings. The zero-order valence-electron chi connectivity index (χ0n) is 9.51. The minimum absolute atomic E-state index is 0.0371. The molecule has 0 amide bonds. The molecule has 0 heterocycles. The summed E-state index contributed by atoms with van der Waals surface area (Å²) in [7, 11) is 0. The quantitative estimate of drug-likeness (QED) is 0.738. The monoisotopic (exact) mass is 228 g/mol. The number of carbonyl (C=O) groups is 1. The van der Waals surface area contributed by atoms with Crippen LogP contribution >= 0.6 is 0 Å². The van der Waals surface area contributed by atoms with Gasteiger partial charge in [-0.25, -0.2) is 0 Å². The average Bonchev–Trinajstić information content (AvgIpc) is 2.19. The van der Waals surface area contributed by atoms with E-state index < -0.39 is 6.61 Å². The summed E-state index contributed by atoms with van der Waals surface area (Å²) < 4.78 is 28.7. The molecule has 1 aromatic rings. The summed E-state index contributed by atoms with van der Waals surface area (Å²) in [6.07, 6.45) is 0.712. The van der Waals surface area contributed by atoms with Gasteiger partial charge in [-0.15, -0.1) is 0 Å². The molecule has 0 saturated carbocycles. The molecule has 0 aliphatic carbocycles. The molecule has 0 spiro atoms. The highest BCUT2D eigenvalue weighted by Gasteiger charge is 2.15. The predicted octanol–water partition coefficient (Wildman–Crippen LogP) is 3.36. The molecule has 1 rings (SSSR count). The third kappa shape index (κ3) is 2.78. The van der Waals surface area contributed by atoms with E-state index in [1.807, 2.05) is 13.8 Å². The number of ketones is 1. The Morgan fingerprint density at radius 3 is 2.50 bits per heavy atom. The zero-order chi connectivity index (χ0) is 12.3. The van der Waals surface area contributed by atoms with E-state index in [1.54, 1.807) is 6.07 Å². The van der Waals surface area contributed by atoms with Crippen LogP contribution in [-0.4, -0.2) is 12.4 Å². The third-order valence-electron chi connectivity index (χ3n) is 2.41. The minimum Gasteiger partial charge on any atom is -0.434 e. The molecule has 0 N–H and O–H groups in total. The van der Waals surface area contributed by atoms with Crippen LogP contribution in [0, 0.1) is 6.92 Å². The van der Waals surface area contributed by atoms with Gasteiger partial charge >= 0.3 is 6.61 Å². The van der Waals surface area contributed by atoms with E-state index in [4.69, 9.17) is 0 Å². The Bertz CT molecular complexity index is 400. The van der Waals surface area contributed by atoms with Gasteiger partial charge in [0.05, 0.1) is 5.56 Å². The highest BCUT2D eigenvalue weighted by Crippen LogP contribution is 2.26. The molecule has 0 radical (unpaired) electrons. The molecule has 4 heteroatoms. The fourth-order valence-corrected chi connectivity index (χ4v) is 1.58. The Morgan fingerprint density at radius 2 is 2.06 bits per heavy atom. The van der Waals surface area contributed by atoms with Gasteiger partial charge in [0.1, 0.15) is 5.75 Å². The van der Waals surface area contributed by atoms with E-state index in [0.717, 1.165) is 11.1 Å². The lowest BCUT2D eigenvalue weighted by Crippen LogP contribution is -2.08. The smallest absolute Gasteiger partial charge is 0.387 e. The molecule has 0 aromatic heterocycles. The highest BCUT2D eigenvalue weighted by atomic mass is 19.3. The number of ether oxygens (including phenoxy) is 1. The number of benzene rings is 1. The maximum Gasteiger partial charge on any atom is 0.387 e. The number of hydrogen-bond donors (Lipinski definition) is 0. The lowest BCUT2D eigenvalue weighted by atomic mass is 10.0. The van der Waals surface area contributed by atoms with Gasteiger partial charge in [-0.05, 0) is 43.5 Å². The van der Waals surface area contributed by atoms with Crippen LogP contribution in [0.1, 0.15) is 35.3 Å². The van der Waals surface area contributed by atoms with Crippen molar-refractivity contribution >= 4 is 5.78 Å². The number of Topliss-reactive ketones (excluding diaryl/α,β-unsaturated/α-hetero) is 1. The number of rotatable bonds is 4. The van der Waals surface area contributed by atoms with Crippen LogP contribution in [0.25, 0.3) is 0 Å². The lowest BCUT2D eigenvalue weighted by molar-refractivity contribution is -0.0501. The van der Waals surface area contributed by atoms with E-state index in [2.05, 4.69) is 4.74 Å². The standard InChI is InChI=1S/C12H14F2O2/c1-4-9-6-11(16-12(13)14)10(8(3)15)5-7(9)2/h5-6,12H,4H2,1-3H3. The third-order valence-corrected chi connectivity index (χ3v) is 2.41. The van der Waals surface area contributed by atoms with Crippen LogP contribution in [-0.2, 0) is 6.42 Å². The molecule has 0 atom stereocenters. The van der Waals surface area contributed by atoms with Crippen LogP contribution in [0.15, 0.2) is 12.1 Å². The van der Waals surface area contributed by atoms with Crippen molar-refractivity contribution < 1.29 is 18.3 Å². The summed E-state index contributed by atoms with van der Waals surface area (Å²) in [6, 6.07) is 3.11. The second kappa shape index (κ2) is 5.05. The summed E-state index contributed by atoms with van der Waals surface area (Å²) in [5.74, 6) is -0.314. The number of alkyl halides is 2. The molecule has 0 unspecified atom stereocenters. The van der Waals surface area contributed by atoms with Crippen LogP contribution in [0.4, 0.5) is 8.78 Å². The predicted molar refractivity (Wildman–Crippen MR) is 57.2 cm³/mol. The van der Waals surface area contributed by atoms with Gasteiger partial charge in [0, 0.05) is 0 Å². The Morgan fingerprint density at radius 1 is 1.44 bits per heavy atom. The van der Waals surface area contributed by atoms with E-state index >= 15 is 0 Å². The molecule has 2 nitrogen and oxygen atoms in total. The Labute approximate surface area is 93.2 Å². The first-order valence-electron chi connectivity index (χ1n) is 5.05. The van der Waals surface area contributed by atoms with E-state index in [1.165, 1.54) is 13.0 Å². The van der Waals surface area contributed by atoms with Crippen LogP contribution < -0.4 is 4.74 Å². The number of halogens is 2. The lowest BCUT2D eigenvalue weighted by Gasteiger charge is -2.12. The fourth-order valence-electron chi connectivity index (χ4n) is 1.58. The van der Waals surface area contributed by atoms with E-state index in [9.17, 15) is 13.6 Å². The van der Waals surface area contributed by atoms with Gasteiger partial charge in [0.25, 0.3) is 0 Å². The molecule has 0 fully saturated rings. The normalized spacial score (nSPS) is 10.6. The summed E-state index contributed by atoms with van der Waals surface area (Å²) >= 11 is 0. The number of hydrogen-bond acceptors (Lipinski definition) is 2. The summed E-state index contributed by atoms with van der Waals surface area (Å²) in [4.78, 5) is 11.3. The molecule has 1 aromatic carbocycles. The molecular formula is C12H14F2O2. The Hall–Kier alpha value is -1.45. The Balaban J connectivity index is 3.25. The van der Waals surface area contributed by atoms with Gasteiger partial charge in [0.2, 0.25) is 0 Å². The van der Waals surface area contributed by atoms with E-state index in [0.29, 0.717) is 6.42 Å². The topological polar surface area (TPSA) is 26.3 Å². The maximum absolute atomic E-state index is 12.2. The van der Waals surface area contributed by atoms with Crippen molar-refractivity contribution in [1.29, 1.82) is 0 Å². The van der Waals surface area contributed by atoms with Gasteiger partial charge in [-0.3, -0.25) is 4.79 Å². The van der Waals surface area contributed by atoms with Crippen molar-refractivity contribution in [3.63, 3.8) is 0 Å². The number of aryl methyl sites for hydroxylation is 2. The van der Waals surface area contributed by atoms with Crippen molar-refractivity contribution in [3.05, 3.63) is 28.8 Å². The first-order valence-corrected chi connectivity index (χ1v) is 5.05. The second-order valence-corrected chi connectivity index (χ2v) is 3.56. The summed E-state index contributed by atoms with van der Waals surface area (Å²) in [6.45, 7) is 2.18. The van der Waals surface area contributed by atoms with Gasteiger partial charge in [-0.1, -0.05) is 6.92 Å². The van der Waals surface area contributed by atoms with Crippen molar-refractivity contribution in [3.8, 4) is 5.75 Å². The van der Waals surface area contributed by atoms with Crippen molar-refractivity contribution in [2.75, 3.05) is 0 Å². The first kappa shape index (κ1) is 12.6. The first-order chi connectivity index (χ1) is 7.45. The van der Waals surface area contributed by atoms with Crippen molar-refractivity contribution in [2.24, 2.45) is 0 Å². The average molecular weight is 228 g/mol. The SMILES string of the molecule is CCc1cc(OC(F)F)c(C(C)=O)cc1C. The molecule has 0 saturated heterocycles. The van der Waals surface area contributed by atoms with Crippen LogP contribution in [0.2, 0.25) is 0 Å². The molecule has 0 aliphatic heterocycles. The van der Waals surface area contributed by atoms with Crippen LogP contribution in [0.3, 0.4) is 0 Å². The van der Waals surface area contributed by atoms with Crippen LogP contribution in [0.5, 0.6) is 5.75 Å². The van der Waals surface area contributed by atoms with Gasteiger partial charge < -0.3 is 4.74 Å². The summed E-state index contributed by atoms with van der Waals surface area (Å²) in [5.41, 5.74) is 2.02. The number of carbonyl (C=O) groups excluding carboxylic acids is 1. The molecule has 0 bridgehead atoms.